The van der Waals surface area contributed by atoms with E-state index in [1.54, 1.807) is 0 Å². The summed E-state index contributed by atoms with van der Waals surface area (Å²) in [4.78, 5) is 18.5. The fraction of sp³-hybridized carbons (Fsp3) is 0.875. The molecule has 0 unspecified atom stereocenters. The molecule has 0 bridgehead atoms. The molecule has 1 aliphatic heterocycles. The lowest BCUT2D eigenvalue weighted by Gasteiger charge is -2.27. The van der Waals surface area contributed by atoms with Crippen molar-refractivity contribution in [3.8, 4) is 0 Å². The summed E-state index contributed by atoms with van der Waals surface area (Å²) in [6.45, 7) is 9.25. The Kier molecular flexibility index (Phi) is 6.95. The summed E-state index contributed by atoms with van der Waals surface area (Å²) in [6.07, 6.45) is 6.73. The Balaban J connectivity index is 0.00000242. The lowest BCUT2D eigenvalue weighted by molar-refractivity contribution is -0.125. The summed E-state index contributed by atoms with van der Waals surface area (Å²) < 4.78 is 0. The number of halogens is 1. The van der Waals surface area contributed by atoms with Gasteiger partial charge in [0.1, 0.15) is 0 Å². The van der Waals surface area contributed by atoms with E-state index in [1.165, 1.54) is 32.1 Å². The molecule has 0 atom stereocenters. The first-order valence-corrected chi connectivity index (χ1v) is 8.22. The Morgan fingerprint density at radius 3 is 2.50 bits per heavy atom. The summed E-state index contributed by atoms with van der Waals surface area (Å²) in [6, 6.07) is 0. The number of nitrogens with zero attached hydrogens (tertiary/aromatic N) is 2. The third-order valence-corrected chi connectivity index (χ3v) is 5.03. The van der Waals surface area contributed by atoms with Gasteiger partial charge >= 0.3 is 0 Å². The monoisotopic (exact) mass is 422 g/mol. The number of likely N-dealkylation sites (tertiary alicyclic amines) is 1. The van der Waals surface area contributed by atoms with Gasteiger partial charge in [-0.2, -0.15) is 0 Å². The zero-order valence-corrected chi connectivity index (χ0v) is 16.5. The van der Waals surface area contributed by atoms with E-state index < -0.39 is 5.41 Å². The van der Waals surface area contributed by atoms with Gasteiger partial charge in [0.25, 0.3) is 0 Å². The molecule has 3 N–H and O–H groups in total. The van der Waals surface area contributed by atoms with Crippen LogP contribution in [-0.2, 0) is 4.79 Å². The van der Waals surface area contributed by atoms with Gasteiger partial charge < -0.3 is 16.0 Å². The molecule has 0 aromatic rings. The molecular weight excluding hydrogens is 391 g/mol. The summed E-state index contributed by atoms with van der Waals surface area (Å²) in [5.41, 5.74) is 5.37. The molecule has 22 heavy (non-hydrogen) atoms. The van der Waals surface area contributed by atoms with Crippen LogP contribution in [0.1, 0.15) is 52.9 Å². The van der Waals surface area contributed by atoms with Crippen molar-refractivity contribution in [3.63, 3.8) is 0 Å². The van der Waals surface area contributed by atoms with E-state index in [9.17, 15) is 4.79 Å². The van der Waals surface area contributed by atoms with E-state index in [0.717, 1.165) is 25.6 Å². The number of nitrogens with one attached hydrogen (secondary N) is 1. The third kappa shape index (κ3) is 4.49. The Morgan fingerprint density at radius 2 is 1.95 bits per heavy atom. The number of hydrogen-bond donors (Lipinski definition) is 2. The number of nitrogens with two attached hydrogens (primary N) is 1. The molecule has 1 saturated heterocycles. The van der Waals surface area contributed by atoms with E-state index >= 15 is 0 Å². The lowest BCUT2D eigenvalue weighted by atomic mass is 9.86. The largest absolute Gasteiger partial charge is 0.369 e. The van der Waals surface area contributed by atoms with Crippen molar-refractivity contribution in [1.29, 1.82) is 0 Å². The molecule has 0 aromatic heterocycles. The summed E-state index contributed by atoms with van der Waals surface area (Å²) in [5, 5.41) is 3.37. The van der Waals surface area contributed by atoms with Crippen LogP contribution in [0.25, 0.3) is 0 Å². The van der Waals surface area contributed by atoms with Gasteiger partial charge in [-0.05, 0) is 45.4 Å². The summed E-state index contributed by atoms with van der Waals surface area (Å²) >= 11 is 0. The number of carbonyl (C=O) groups is 1. The minimum atomic E-state index is -0.592. The van der Waals surface area contributed by atoms with Crippen molar-refractivity contribution in [2.24, 2.45) is 21.6 Å². The van der Waals surface area contributed by atoms with Crippen LogP contribution in [0.5, 0.6) is 0 Å². The Labute approximate surface area is 151 Å². The highest BCUT2D eigenvalue weighted by molar-refractivity contribution is 14.0. The Morgan fingerprint density at radius 1 is 1.32 bits per heavy atom. The molecule has 1 heterocycles. The van der Waals surface area contributed by atoms with Gasteiger partial charge in [-0.25, -0.2) is 0 Å². The Bertz CT molecular complexity index is 416. The van der Waals surface area contributed by atoms with Crippen LogP contribution in [0.3, 0.4) is 0 Å². The quantitative estimate of drug-likeness (QED) is 0.415. The van der Waals surface area contributed by atoms with Crippen LogP contribution in [0.4, 0.5) is 0 Å². The highest BCUT2D eigenvalue weighted by Crippen LogP contribution is 2.45. The van der Waals surface area contributed by atoms with E-state index in [4.69, 9.17) is 5.73 Å². The van der Waals surface area contributed by atoms with Gasteiger partial charge in [0.2, 0.25) is 5.91 Å². The fourth-order valence-corrected chi connectivity index (χ4v) is 3.43. The van der Waals surface area contributed by atoms with Crippen molar-refractivity contribution in [2.75, 3.05) is 26.2 Å². The molecular formula is C16H31IN4O. The van der Waals surface area contributed by atoms with Crippen molar-refractivity contribution in [2.45, 2.75) is 52.9 Å². The SMILES string of the molecule is CCNC(=NCC(C)(C)C(N)=O)N1CCC2(CCCC2)C1.I. The number of aliphatic imine (C=N–C) groups is 1. The molecule has 1 spiro atoms. The van der Waals surface area contributed by atoms with E-state index in [0.29, 0.717) is 12.0 Å². The predicted molar refractivity (Wildman–Crippen MR) is 101 cm³/mol. The van der Waals surface area contributed by atoms with Crippen molar-refractivity contribution in [3.05, 3.63) is 0 Å². The summed E-state index contributed by atoms with van der Waals surface area (Å²) in [7, 11) is 0. The fourth-order valence-electron chi connectivity index (χ4n) is 3.43. The van der Waals surface area contributed by atoms with Gasteiger partial charge in [-0.3, -0.25) is 9.79 Å². The van der Waals surface area contributed by atoms with Gasteiger partial charge in [0.15, 0.2) is 5.96 Å². The van der Waals surface area contributed by atoms with Gasteiger partial charge in [0, 0.05) is 19.6 Å². The van der Waals surface area contributed by atoms with Crippen molar-refractivity contribution < 1.29 is 4.79 Å². The minimum absolute atomic E-state index is 0. The molecule has 1 amide bonds. The lowest BCUT2D eigenvalue weighted by Crippen LogP contribution is -2.42. The predicted octanol–water partition coefficient (Wildman–Crippen LogP) is 2.35. The average molecular weight is 422 g/mol. The molecule has 5 nitrogen and oxygen atoms in total. The Hall–Kier alpha value is -0.530. The van der Waals surface area contributed by atoms with E-state index in [-0.39, 0.29) is 29.9 Å². The van der Waals surface area contributed by atoms with Gasteiger partial charge in [-0.15, -0.1) is 24.0 Å². The molecule has 128 valence electrons. The number of primary amides is 1. The van der Waals surface area contributed by atoms with Crippen molar-refractivity contribution >= 4 is 35.8 Å². The number of amides is 1. The highest BCUT2D eigenvalue weighted by atomic mass is 127. The number of rotatable bonds is 4. The second kappa shape index (κ2) is 7.84. The summed E-state index contributed by atoms with van der Waals surface area (Å²) in [5.74, 6) is 0.645. The standard InChI is InChI=1S/C16H30N4O.HI/c1-4-18-14(19-11-15(2,3)13(17)21)20-10-9-16(12-20)7-5-6-8-16;/h4-12H2,1-3H3,(H2,17,21)(H,18,19);1H. The first-order chi connectivity index (χ1) is 9.88. The molecule has 2 aliphatic rings. The van der Waals surface area contributed by atoms with E-state index in [2.05, 4.69) is 22.1 Å². The van der Waals surface area contributed by atoms with Crippen LogP contribution >= 0.6 is 24.0 Å². The van der Waals surface area contributed by atoms with E-state index in [1.807, 2.05) is 13.8 Å². The highest BCUT2D eigenvalue weighted by Gasteiger charge is 2.41. The smallest absolute Gasteiger partial charge is 0.224 e. The van der Waals surface area contributed by atoms with Crippen LogP contribution in [0, 0.1) is 10.8 Å². The van der Waals surface area contributed by atoms with Gasteiger partial charge in [0.05, 0.1) is 12.0 Å². The molecule has 6 heteroatoms. The first kappa shape index (κ1) is 19.5. The molecule has 2 fully saturated rings. The normalized spacial score (nSPS) is 21.0. The minimum Gasteiger partial charge on any atom is -0.369 e. The number of guanidine groups is 1. The first-order valence-electron chi connectivity index (χ1n) is 8.22. The molecule has 1 aliphatic carbocycles. The third-order valence-electron chi connectivity index (χ3n) is 5.03. The maximum atomic E-state index is 11.4. The van der Waals surface area contributed by atoms with Gasteiger partial charge in [-0.1, -0.05) is 12.8 Å². The van der Waals surface area contributed by atoms with Crippen LogP contribution in [-0.4, -0.2) is 42.9 Å². The number of carbonyl (C=O) groups excluding carboxylic acids is 1. The topological polar surface area (TPSA) is 70.7 Å². The molecule has 0 radical (unpaired) electrons. The maximum Gasteiger partial charge on any atom is 0.224 e. The molecule has 2 rings (SSSR count). The van der Waals surface area contributed by atoms with Crippen LogP contribution in [0.2, 0.25) is 0 Å². The van der Waals surface area contributed by atoms with Crippen molar-refractivity contribution in [1.82, 2.24) is 10.2 Å². The second-order valence-electron chi connectivity index (χ2n) is 7.30. The zero-order valence-electron chi connectivity index (χ0n) is 14.2. The second-order valence-corrected chi connectivity index (χ2v) is 7.30. The maximum absolute atomic E-state index is 11.4. The van der Waals surface area contributed by atoms with Crippen LogP contribution in [0.15, 0.2) is 4.99 Å². The average Bonchev–Trinajstić information content (AvgIpc) is 3.05. The van der Waals surface area contributed by atoms with Crippen LogP contribution < -0.4 is 11.1 Å². The molecule has 1 saturated carbocycles. The number of hydrogen-bond acceptors (Lipinski definition) is 2. The molecule has 0 aromatic carbocycles. The zero-order chi connectivity index (χ0) is 15.5.